The van der Waals surface area contributed by atoms with E-state index in [4.69, 9.17) is 4.98 Å². The van der Waals surface area contributed by atoms with Crippen LogP contribution in [0.1, 0.15) is 13.8 Å². The van der Waals surface area contributed by atoms with E-state index in [1.165, 1.54) is 0 Å². The summed E-state index contributed by atoms with van der Waals surface area (Å²) in [6.07, 6.45) is 7.55. The topological polar surface area (TPSA) is 48.5 Å². The molecule has 3 aromatic rings. The van der Waals surface area contributed by atoms with Gasteiger partial charge in [-0.15, -0.1) is 0 Å². The summed E-state index contributed by atoms with van der Waals surface area (Å²) in [5.74, 6) is 1.79. The molecule has 5 nitrogen and oxygen atoms in total. The third kappa shape index (κ3) is 4.36. The number of imidazole rings is 2. The molecule has 0 bridgehead atoms. The predicted molar refractivity (Wildman–Crippen MR) is 78.0 cm³/mol. The average Bonchev–Trinajstić information content (AvgIpc) is 3.15. The van der Waals surface area contributed by atoms with Crippen molar-refractivity contribution in [2.24, 2.45) is 0 Å². The summed E-state index contributed by atoms with van der Waals surface area (Å²) in [6, 6.07) is 5.97. The van der Waals surface area contributed by atoms with Gasteiger partial charge in [-0.1, -0.05) is 6.07 Å². The van der Waals surface area contributed by atoms with E-state index in [2.05, 4.69) is 32.9 Å². The first-order valence-electron chi connectivity index (χ1n) is 6.83. The monoisotopic (exact) mass is 393 g/mol. The normalized spacial score (nSPS) is 9.48. The van der Waals surface area contributed by atoms with Crippen LogP contribution in [-0.2, 0) is 30.2 Å². The summed E-state index contributed by atoms with van der Waals surface area (Å²) >= 11 is 0. The minimum atomic E-state index is 0. The molecule has 0 unspecified atom stereocenters. The first-order chi connectivity index (χ1) is 9.83. The van der Waals surface area contributed by atoms with E-state index in [0.717, 1.165) is 36.1 Å². The molecule has 124 valence electrons. The van der Waals surface area contributed by atoms with Crippen molar-refractivity contribution in [3.05, 3.63) is 43.0 Å². The summed E-state index contributed by atoms with van der Waals surface area (Å²) in [5.41, 5.74) is 1.75. The molecule has 0 spiro atoms. The Hall–Kier alpha value is -1.33. The Morgan fingerprint density at radius 2 is 1.26 bits per heavy atom. The molecule has 3 rings (SSSR count). The van der Waals surface area contributed by atoms with E-state index in [9.17, 15) is 0 Å². The van der Waals surface area contributed by atoms with Crippen molar-refractivity contribution in [3.8, 4) is 23.0 Å². The SMILES string of the molecule is CCn1ccnc1-c1cccc(-c2nccn2CC)n1.[Cl-].[Cl-].[Fe+2]. The Balaban J connectivity index is 0.00000161. The molecule has 0 saturated heterocycles. The molecule has 0 atom stereocenters. The Morgan fingerprint density at radius 1 is 0.826 bits per heavy atom. The van der Waals surface area contributed by atoms with Crippen molar-refractivity contribution in [1.82, 2.24) is 24.1 Å². The van der Waals surface area contributed by atoms with E-state index in [0.29, 0.717) is 0 Å². The van der Waals surface area contributed by atoms with Crippen LogP contribution in [0.25, 0.3) is 23.0 Å². The van der Waals surface area contributed by atoms with E-state index in [1.54, 1.807) is 12.4 Å². The van der Waals surface area contributed by atoms with Crippen molar-refractivity contribution >= 4 is 0 Å². The minimum absolute atomic E-state index is 0. The zero-order chi connectivity index (χ0) is 13.9. The van der Waals surface area contributed by atoms with E-state index >= 15 is 0 Å². The quantitative estimate of drug-likeness (QED) is 0.440. The molecule has 3 aromatic heterocycles. The maximum absolute atomic E-state index is 4.71. The second-order valence-electron chi connectivity index (χ2n) is 4.48. The van der Waals surface area contributed by atoms with Crippen molar-refractivity contribution in [2.45, 2.75) is 26.9 Å². The van der Waals surface area contributed by atoms with Gasteiger partial charge in [-0.25, -0.2) is 15.0 Å². The van der Waals surface area contributed by atoms with Crippen LogP contribution >= 0.6 is 0 Å². The second-order valence-corrected chi connectivity index (χ2v) is 4.48. The number of nitrogens with zero attached hydrogens (tertiary/aromatic N) is 5. The molecular formula is C15H17Cl2FeN5. The Morgan fingerprint density at radius 3 is 1.65 bits per heavy atom. The zero-order valence-corrected chi connectivity index (χ0v) is 15.4. The molecule has 0 saturated carbocycles. The zero-order valence-electron chi connectivity index (χ0n) is 12.8. The van der Waals surface area contributed by atoms with Crippen LogP contribution in [0.2, 0.25) is 0 Å². The third-order valence-corrected chi connectivity index (χ3v) is 3.32. The van der Waals surface area contributed by atoms with Crippen LogP contribution in [0.15, 0.2) is 43.0 Å². The minimum Gasteiger partial charge on any atom is -1.00 e. The fourth-order valence-corrected chi connectivity index (χ4v) is 2.28. The van der Waals surface area contributed by atoms with Crippen LogP contribution in [0.5, 0.6) is 0 Å². The number of aryl methyl sites for hydroxylation is 2. The molecule has 3 heterocycles. The number of pyridine rings is 1. The van der Waals surface area contributed by atoms with Gasteiger partial charge in [0, 0.05) is 37.9 Å². The molecule has 0 aromatic carbocycles. The van der Waals surface area contributed by atoms with Gasteiger partial charge in [0.15, 0.2) is 11.6 Å². The fraction of sp³-hybridized carbons (Fsp3) is 0.267. The maximum Gasteiger partial charge on any atom is 2.00 e. The maximum atomic E-state index is 4.71. The summed E-state index contributed by atoms with van der Waals surface area (Å²) in [6.45, 7) is 5.95. The molecule has 0 N–H and O–H groups in total. The Bertz CT molecular complexity index is 668. The first kappa shape index (κ1) is 21.7. The van der Waals surface area contributed by atoms with Gasteiger partial charge in [-0.05, 0) is 26.0 Å². The van der Waals surface area contributed by atoms with Crippen molar-refractivity contribution in [2.75, 3.05) is 0 Å². The Labute approximate surface area is 158 Å². The summed E-state index contributed by atoms with van der Waals surface area (Å²) in [4.78, 5) is 13.5. The summed E-state index contributed by atoms with van der Waals surface area (Å²) < 4.78 is 4.16. The van der Waals surface area contributed by atoms with Crippen LogP contribution in [0.3, 0.4) is 0 Å². The number of aromatic nitrogens is 5. The average molecular weight is 394 g/mol. The summed E-state index contributed by atoms with van der Waals surface area (Å²) in [7, 11) is 0. The smallest absolute Gasteiger partial charge is 1.00 e. The van der Waals surface area contributed by atoms with Gasteiger partial charge in [-0.3, -0.25) is 0 Å². The molecule has 8 heteroatoms. The standard InChI is InChI=1S/C15H17N5.2ClH.Fe/c1-3-19-10-8-16-14(19)12-6-5-7-13(18-12)15-17-9-11-20(15)4-2;;;/h5-11H,3-4H2,1-2H3;2*1H;/q;;;+2/p-2. The van der Waals surface area contributed by atoms with E-state index < -0.39 is 0 Å². The van der Waals surface area contributed by atoms with Crippen LogP contribution in [-0.4, -0.2) is 24.1 Å². The van der Waals surface area contributed by atoms with Crippen LogP contribution in [0.4, 0.5) is 0 Å². The van der Waals surface area contributed by atoms with E-state index in [1.807, 2.05) is 30.6 Å². The van der Waals surface area contributed by atoms with E-state index in [-0.39, 0.29) is 41.9 Å². The number of hydrogen-bond donors (Lipinski definition) is 0. The third-order valence-electron chi connectivity index (χ3n) is 3.32. The van der Waals surface area contributed by atoms with Crippen LogP contribution < -0.4 is 24.8 Å². The molecule has 0 fully saturated rings. The van der Waals surface area contributed by atoms with Crippen molar-refractivity contribution in [1.29, 1.82) is 0 Å². The van der Waals surface area contributed by atoms with Gasteiger partial charge < -0.3 is 33.9 Å². The molecule has 0 aliphatic heterocycles. The molecule has 0 radical (unpaired) electrons. The number of rotatable bonds is 4. The van der Waals surface area contributed by atoms with Gasteiger partial charge in [0.25, 0.3) is 0 Å². The first-order valence-corrected chi connectivity index (χ1v) is 6.83. The fourth-order valence-electron chi connectivity index (χ4n) is 2.28. The molecule has 0 aliphatic rings. The summed E-state index contributed by atoms with van der Waals surface area (Å²) in [5, 5.41) is 0. The molecule has 0 amide bonds. The predicted octanol–water partition coefficient (Wildman–Crippen LogP) is -3.15. The number of halogens is 2. The second kappa shape index (κ2) is 9.73. The van der Waals surface area contributed by atoms with Gasteiger partial charge >= 0.3 is 17.1 Å². The largest absolute Gasteiger partial charge is 2.00 e. The van der Waals surface area contributed by atoms with Gasteiger partial charge in [-0.2, -0.15) is 0 Å². The number of hydrogen-bond acceptors (Lipinski definition) is 3. The van der Waals surface area contributed by atoms with Crippen molar-refractivity contribution < 1.29 is 41.9 Å². The van der Waals surface area contributed by atoms with Crippen LogP contribution in [0, 0.1) is 0 Å². The van der Waals surface area contributed by atoms with Gasteiger partial charge in [0.1, 0.15) is 11.4 Å². The van der Waals surface area contributed by atoms with Gasteiger partial charge in [0.05, 0.1) is 0 Å². The molecule has 0 aliphatic carbocycles. The molecular weight excluding hydrogens is 377 g/mol. The molecule has 23 heavy (non-hydrogen) atoms. The Kier molecular flexibility index (Phi) is 9.17. The van der Waals surface area contributed by atoms with Crippen molar-refractivity contribution in [3.63, 3.8) is 0 Å². The van der Waals surface area contributed by atoms with Gasteiger partial charge in [0.2, 0.25) is 0 Å².